The maximum absolute atomic E-state index is 6.10. The largest absolute Gasteiger partial charge is 0.495 e. The lowest BCUT2D eigenvalue weighted by atomic mass is 10.1. The lowest BCUT2D eigenvalue weighted by Gasteiger charge is -2.07. The van der Waals surface area contributed by atoms with Gasteiger partial charge in [-0.05, 0) is 24.3 Å². The van der Waals surface area contributed by atoms with E-state index in [1.54, 1.807) is 37.6 Å². The summed E-state index contributed by atoms with van der Waals surface area (Å²) in [5, 5.41) is 1.44. The summed E-state index contributed by atoms with van der Waals surface area (Å²) >= 11 is 18.1. The fourth-order valence-electron chi connectivity index (χ4n) is 1.44. The molecule has 0 saturated heterocycles. The smallest absolute Gasteiger partial charge is 0.137 e. The van der Waals surface area contributed by atoms with Gasteiger partial charge in [0.1, 0.15) is 5.75 Å². The van der Waals surface area contributed by atoms with Gasteiger partial charge in [0.15, 0.2) is 0 Å². The van der Waals surface area contributed by atoms with E-state index in [4.69, 9.17) is 39.5 Å². The predicted octanol–water partition coefficient (Wildman–Crippen LogP) is 4.72. The van der Waals surface area contributed by atoms with Crippen molar-refractivity contribution in [3.8, 4) is 17.0 Å². The van der Waals surface area contributed by atoms with E-state index < -0.39 is 0 Å². The van der Waals surface area contributed by atoms with E-state index in [1.165, 1.54) is 0 Å². The van der Waals surface area contributed by atoms with Crippen LogP contribution in [0.4, 0.5) is 0 Å². The predicted molar refractivity (Wildman–Crippen MR) is 71.3 cm³/mol. The Morgan fingerprint density at radius 1 is 1.06 bits per heavy atom. The van der Waals surface area contributed by atoms with Crippen LogP contribution in [-0.4, -0.2) is 12.1 Å². The van der Waals surface area contributed by atoms with Crippen molar-refractivity contribution in [3.05, 3.63) is 45.5 Å². The maximum atomic E-state index is 6.10. The number of nitrogens with zero attached hydrogens (tertiary/aromatic N) is 1. The van der Waals surface area contributed by atoms with E-state index in [-0.39, 0.29) is 0 Å². The molecule has 2 rings (SSSR count). The molecule has 0 unspecified atom stereocenters. The van der Waals surface area contributed by atoms with Crippen molar-refractivity contribution in [2.75, 3.05) is 7.11 Å². The molecule has 2 nitrogen and oxygen atoms in total. The number of benzene rings is 1. The first-order valence-electron chi connectivity index (χ1n) is 4.77. The van der Waals surface area contributed by atoms with Crippen LogP contribution < -0.4 is 4.74 Å². The van der Waals surface area contributed by atoms with Crippen LogP contribution >= 0.6 is 34.8 Å². The molecule has 0 fully saturated rings. The van der Waals surface area contributed by atoms with Gasteiger partial charge in [0.05, 0.1) is 29.0 Å². The van der Waals surface area contributed by atoms with Gasteiger partial charge in [-0.15, -0.1) is 0 Å². The summed E-state index contributed by atoms with van der Waals surface area (Å²) in [7, 11) is 1.58. The number of ether oxygens (including phenoxy) is 1. The normalized spacial score (nSPS) is 10.4. The molecule has 17 heavy (non-hydrogen) atoms. The van der Waals surface area contributed by atoms with Crippen molar-refractivity contribution in [2.24, 2.45) is 0 Å². The lowest BCUT2D eigenvalue weighted by molar-refractivity contribution is 0.413. The monoisotopic (exact) mass is 287 g/mol. The fraction of sp³-hybridized carbons (Fsp3) is 0.0833. The average Bonchev–Trinajstić information content (AvgIpc) is 2.28. The van der Waals surface area contributed by atoms with Gasteiger partial charge >= 0.3 is 0 Å². The molecule has 1 aromatic carbocycles. The molecule has 0 bridgehead atoms. The van der Waals surface area contributed by atoms with Gasteiger partial charge in [0.25, 0.3) is 0 Å². The van der Waals surface area contributed by atoms with Crippen LogP contribution in [0.5, 0.6) is 5.75 Å². The third kappa shape index (κ3) is 2.65. The standard InChI is InChI=1S/C12H8Cl3NO/c1-17-8-2-3-11(16-6-8)12-9(14)4-7(13)5-10(12)15/h2-6H,1H3. The van der Waals surface area contributed by atoms with Crippen LogP contribution in [0.1, 0.15) is 0 Å². The Morgan fingerprint density at radius 3 is 2.18 bits per heavy atom. The topological polar surface area (TPSA) is 22.1 Å². The zero-order valence-corrected chi connectivity index (χ0v) is 11.1. The third-order valence-electron chi connectivity index (χ3n) is 2.24. The molecule has 0 aliphatic carbocycles. The summed E-state index contributed by atoms with van der Waals surface area (Å²) in [6.07, 6.45) is 1.61. The quantitative estimate of drug-likeness (QED) is 0.798. The highest BCUT2D eigenvalue weighted by Crippen LogP contribution is 2.36. The van der Waals surface area contributed by atoms with Gasteiger partial charge in [-0.25, -0.2) is 0 Å². The van der Waals surface area contributed by atoms with Crippen LogP contribution in [0.3, 0.4) is 0 Å². The number of pyridine rings is 1. The van der Waals surface area contributed by atoms with E-state index in [1.807, 2.05) is 0 Å². The van der Waals surface area contributed by atoms with Crippen molar-refractivity contribution < 1.29 is 4.74 Å². The SMILES string of the molecule is COc1ccc(-c2c(Cl)cc(Cl)cc2Cl)nc1. The van der Waals surface area contributed by atoms with E-state index >= 15 is 0 Å². The Labute approximate surface area is 114 Å². The summed E-state index contributed by atoms with van der Waals surface area (Å²) in [5.74, 6) is 0.676. The number of aromatic nitrogens is 1. The van der Waals surface area contributed by atoms with Crippen molar-refractivity contribution in [1.29, 1.82) is 0 Å². The van der Waals surface area contributed by atoms with E-state index in [0.29, 0.717) is 32.1 Å². The number of hydrogen-bond acceptors (Lipinski definition) is 2. The van der Waals surface area contributed by atoms with Crippen LogP contribution in [0.15, 0.2) is 30.5 Å². The highest BCUT2D eigenvalue weighted by molar-refractivity contribution is 6.41. The second-order valence-electron chi connectivity index (χ2n) is 3.33. The zero-order chi connectivity index (χ0) is 12.4. The minimum atomic E-state index is 0.472. The number of methoxy groups -OCH3 is 1. The molecular formula is C12H8Cl3NO. The lowest BCUT2D eigenvalue weighted by Crippen LogP contribution is -1.88. The van der Waals surface area contributed by atoms with E-state index in [0.717, 1.165) is 0 Å². The molecular weight excluding hydrogens is 280 g/mol. The van der Waals surface area contributed by atoms with Gasteiger partial charge in [0.2, 0.25) is 0 Å². The van der Waals surface area contributed by atoms with Crippen molar-refractivity contribution in [2.45, 2.75) is 0 Å². The second kappa shape index (κ2) is 5.13. The number of rotatable bonds is 2. The minimum Gasteiger partial charge on any atom is -0.495 e. The van der Waals surface area contributed by atoms with Crippen LogP contribution in [0.25, 0.3) is 11.3 Å². The molecule has 0 aliphatic rings. The molecule has 88 valence electrons. The van der Waals surface area contributed by atoms with Crippen molar-refractivity contribution >= 4 is 34.8 Å². The van der Waals surface area contributed by atoms with Crippen LogP contribution in [-0.2, 0) is 0 Å². The van der Waals surface area contributed by atoms with E-state index in [2.05, 4.69) is 4.98 Å². The van der Waals surface area contributed by atoms with Gasteiger partial charge in [-0.3, -0.25) is 4.98 Å². The molecule has 0 N–H and O–H groups in total. The third-order valence-corrected chi connectivity index (χ3v) is 3.05. The minimum absolute atomic E-state index is 0.472. The van der Waals surface area contributed by atoms with Gasteiger partial charge in [-0.2, -0.15) is 0 Å². The summed E-state index contributed by atoms with van der Waals surface area (Å²) in [6, 6.07) is 6.86. The maximum Gasteiger partial charge on any atom is 0.137 e. The molecule has 2 aromatic rings. The molecule has 0 aliphatic heterocycles. The number of halogens is 3. The van der Waals surface area contributed by atoms with Gasteiger partial charge in [-0.1, -0.05) is 34.8 Å². The van der Waals surface area contributed by atoms with Crippen molar-refractivity contribution in [1.82, 2.24) is 4.98 Å². The summed E-state index contributed by atoms with van der Waals surface area (Å²) in [6.45, 7) is 0. The van der Waals surface area contributed by atoms with Crippen molar-refractivity contribution in [3.63, 3.8) is 0 Å². The molecule has 0 spiro atoms. The van der Waals surface area contributed by atoms with Gasteiger partial charge < -0.3 is 4.74 Å². The first-order chi connectivity index (χ1) is 8.11. The average molecular weight is 289 g/mol. The fourth-order valence-corrected chi connectivity index (χ4v) is 2.45. The molecule has 0 radical (unpaired) electrons. The van der Waals surface area contributed by atoms with Crippen LogP contribution in [0.2, 0.25) is 15.1 Å². The molecule has 1 aromatic heterocycles. The van der Waals surface area contributed by atoms with Crippen LogP contribution in [0, 0.1) is 0 Å². The number of hydrogen-bond donors (Lipinski definition) is 0. The highest BCUT2D eigenvalue weighted by Gasteiger charge is 2.11. The molecule has 5 heteroatoms. The Hall–Kier alpha value is -0.960. The Kier molecular flexibility index (Phi) is 3.77. The first-order valence-corrected chi connectivity index (χ1v) is 5.90. The zero-order valence-electron chi connectivity index (χ0n) is 8.88. The summed E-state index contributed by atoms with van der Waals surface area (Å²) < 4.78 is 5.04. The molecule has 0 amide bonds. The molecule has 0 saturated carbocycles. The Bertz CT molecular complexity index is 517. The molecule has 1 heterocycles. The Balaban J connectivity index is 2.52. The summed E-state index contributed by atoms with van der Waals surface area (Å²) in [4.78, 5) is 4.23. The highest BCUT2D eigenvalue weighted by atomic mass is 35.5. The Morgan fingerprint density at radius 2 is 1.71 bits per heavy atom. The van der Waals surface area contributed by atoms with E-state index in [9.17, 15) is 0 Å². The van der Waals surface area contributed by atoms with Gasteiger partial charge in [0, 0.05) is 10.6 Å². The second-order valence-corrected chi connectivity index (χ2v) is 4.58. The summed E-state index contributed by atoms with van der Waals surface area (Å²) in [5.41, 5.74) is 1.35. The molecule has 0 atom stereocenters. The first kappa shape index (κ1) is 12.5.